The minimum absolute atomic E-state index is 0.614. The van der Waals surface area contributed by atoms with Crippen LogP contribution in [0.25, 0.3) is 67.6 Å². The maximum Gasteiger partial charge on any atom is 0.164 e. The van der Waals surface area contributed by atoms with E-state index in [4.69, 9.17) is 15.0 Å². The average molecular weight is 632 g/mol. The van der Waals surface area contributed by atoms with E-state index in [0.29, 0.717) is 17.5 Å². The first-order valence-electron chi connectivity index (χ1n) is 16.1. The smallest absolute Gasteiger partial charge is 0.164 e. The quantitative estimate of drug-likeness (QED) is 0.148. The monoisotopic (exact) mass is 631 g/mol. The lowest BCUT2D eigenvalue weighted by Crippen LogP contribution is -2.00. The van der Waals surface area contributed by atoms with Crippen molar-refractivity contribution in [2.45, 2.75) is 6.92 Å². The van der Waals surface area contributed by atoms with Crippen molar-refractivity contribution in [2.75, 3.05) is 0 Å². The second kappa shape index (κ2) is 14.4. The van der Waals surface area contributed by atoms with Crippen molar-refractivity contribution in [2.24, 2.45) is 0 Å². The number of pyridine rings is 2. The summed E-state index contributed by atoms with van der Waals surface area (Å²) in [6, 6.07) is 43.2. The molecule has 0 saturated heterocycles. The maximum absolute atomic E-state index is 5.04. The van der Waals surface area contributed by atoms with Crippen molar-refractivity contribution in [3.05, 3.63) is 188 Å². The molecule has 0 aliphatic heterocycles. The minimum atomic E-state index is 0.614. The van der Waals surface area contributed by atoms with Crippen LogP contribution in [0.15, 0.2) is 177 Å². The van der Waals surface area contributed by atoms with E-state index in [1.165, 1.54) is 0 Å². The fourth-order valence-electron chi connectivity index (χ4n) is 5.56. The molecule has 0 fully saturated rings. The molecule has 5 heteroatoms. The number of hydrogen-bond donors (Lipinski definition) is 0. The SMILES string of the molecule is C=C(/C=C\C=C(/C)c1cccc(-c2nc(-c3ccccc3)nc(-c3cccc(-c4cccc(-c5cccnc5)c4)c3)n2)c1)c1cccnc1. The predicted molar refractivity (Wildman–Crippen MR) is 201 cm³/mol. The van der Waals surface area contributed by atoms with Crippen LogP contribution in [0.5, 0.6) is 0 Å². The third-order valence-electron chi connectivity index (χ3n) is 8.23. The molecule has 0 unspecified atom stereocenters. The van der Waals surface area contributed by atoms with Gasteiger partial charge in [0.05, 0.1) is 0 Å². The van der Waals surface area contributed by atoms with Gasteiger partial charge < -0.3 is 0 Å². The third-order valence-corrected chi connectivity index (χ3v) is 8.23. The molecular weight excluding hydrogens is 599 g/mol. The molecule has 0 radical (unpaired) electrons. The molecule has 3 heterocycles. The second-order valence-corrected chi connectivity index (χ2v) is 11.6. The zero-order valence-electron chi connectivity index (χ0n) is 27.1. The molecule has 3 aromatic heterocycles. The Bertz CT molecular complexity index is 2290. The summed E-state index contributed by atoms with van der Waals surface area (Å²) in [7, 11) is 0. The number of rotatable bonds is 9. The van der Waals surface area contributed by atoms with Crippen LogP contribution in [-0.2, 0) is 0 Å². The normalized spacial score (nSPS) is 11.5. The van der Waals surface area contributed by atoms with Crippen molar-refractivity contribution < 1.29 is 0 Å². The van der Waals surface area contributed by atoms with Gasteiger partial charge in [-0.3, -0.25) is 9.97 Å². The van der Waals surface area contributed by atoms with Gasteiger partial charge in [0, 0.05) is 47.0 Å². The van der Waals surface area contributed by atoms with Crippen LogP contribution in [0.2, 0.25) is 0 Å². The van der Waals surface area contributed by atoms with Crippen LogP contribution in [0.1, 0.15) is 18.1 Å². The van der Waals surface area contributed by atoms with E-state index >= 15 is 0 Å². The number of nitrogens with zero attached hydrogens (tertiary/aromatic N) is 5. The number of hydrogen-bond acceptors (Lipinski definition) is 5. The number of benzene rings is 4. The van der Waals surface area contributed by atoms with Crippen LogP contribution in [0, 0.1) is 0 Å². The molecule has 0 amide bonds. The summed E-state index contributed by atoms with van der Waals surface area (Å²) in [5, 5.41) is 0. The van der Waals surface area contributed by atoms with E-state index in [-0.39, 0.29) is 0 Å². The van der Waals surface area contributed by atoms with Gasteiger partial charge in [0.1, 0.15) is 0 Å². The van der Waals surface area contributed by atoms with Crippen LogP contribution >= 0.6 is 0 Å². The molecule has 0 atom stereocenters. The highest BCUT2D eigenvalue weighted by Crippen LogP contribution is 2.31. The van der Waals surface area contributed by atoms with Gasteiger partial charge in [-0.15, -0.1) is 0 Å². The summed E-state index contributed by atoms with van der Waals surface area (Å²) in [6.07, 6.45) is 13.4. The van der Waals surface area contributed by atoms with E-state index in [2.05, 4.69) is 96.3 Å². The molecule has 7 rings (SSSR count). The van der Waals surface area contributed by atoms with Gasteiger partial charge in [-0.05, 0) is 76.2 Å². The van der Waals surface area contributed by atoms with E-state index in [9.17, 15) is 0 Å². The summed E-state index contributed by atoms with van der Waals surface area (Å²) in [6.45, 7) is 6.27. The Hall–Kier alpha value is -6.59. The lowest BCUT2D eigenvalue weighted by atomic mass is 9.98. The Kier molecular flexibility index (Phi) is 9.15. The Labute approximate surface area is 286 Å². The summed E-state index contributed by atoms with van der Waals surface area (Å²) >= 11 is 0. The van der Waals surface area contributed by atoms with Crippen molar-refractivity contribution >= 4 is 11.1 Å². The molecule has 0 aliphatic rings. The molecule has 0 saturated carbocycles. The van der Waals surface area contributed by atoms with Crippen molar-refractivity contribution in [3.8, 4) is 56.4 Å². The first kappa shape index (κ1) is 31.0. The minimum Gasteiger partial charge on any atom is -0.264 e. The fourth-order valence-corrected chi connectivity index (χ4v) is 5.56. The summed E-state index contributed by atoms with van der Waals surface area (Å²) in [5.41, 5.74) is 11.2. The highest BCUT2D eigenvalue weighted by Gasteiger charge is 2.14. The molecule has 7 aromatic rings. The zero-order valence-corrected chi connectivity index (χ0v) is 27.1. The van der Waals surface area contributed by atoms with Crippen LogP contribution in [0.3, 0.4) is 0 Å². The highest BCUT2D eigenvalue weighted by atomic mass is 15.0. The molecule has 49 heavy (non-hydrogen) atoms. The van der Waals surface area contributed by atoms with Crippen molar-refractivity contribution in [1.29, 1.82) is 0 Å². The first-order chi connectivity index (χ1) is 24.1. The van der Waals surface area contributed by atoms with Crippen LogP contribution < -0.4 is 0 Å². The standard InChI is InChI=1S/C44H33N5/c1-31(12-6-13-32(2)40-22-10-24-45-29-40)34-16-7-20-38(26-34)43-47-42(33-14-4-3-5-15-33)48-44(49-43)39-21-9-18-36(28-39)35-17-8-19-37(27-35)41-23-11-25-46-30-41/h3-30H,2H2,1H3/b13-6-,31-12+. The summed E-state index contributed by atoms with van der Waals surface area (Å²) in [4.78, 5) is 23.5. The zero-order chi connectivity index (χ0) is 33.4. The molecule has 5 nitrogen and oxygen atoms in total. The van der Waals surface area contributed by atoms with Crippen LogP contribution in [0.4, 0.5) is 0 Å². The van der Waals surface area contributed by atoms with E-state index in [0.717, 1.165) is 61.2 Å². The molecule has 4 aromatic carbocycles. The Morgan fingerprint density at radius 2 is 1.00 bits per heavy atom. The van der Waals surface area contributed by atoms with E-state index in [1.54, 1.807) is 12.4 Å². The van der Waals surface area contributed by atoms with E-state index in [1.807, 2.05) is 85.2 Å². The van der Waals surface area contributed by atoms with Crippen molar-refractivity contribution in [3.63, 3.8) is 0 Å². The van der Waals surface area contributed by atoms with Crippen LogP contribution in [-0.4, -0.2) is 24.9 Å². The first-order valence-corrected chi connectivity index (χ1v) is 16.1. The summed E-state index contributed by atoms with van der Waals surface area (Å²) < 4.78 is 0. The van der Waals surface area contributed by atoms with Gasteiger partial charge in [-0.25, -0.2) is 15.0 Å². The Morgan fingerprint density at radius 3 is 1.65 bits per heavy atom. The second-order valence-electron chi connectivity index (χ2n) is 11.6. The van der Waals surface area contributed by atoms with Gasteiger partial charge in [0.25, 0.3) is 0 Å². The topological polar surface area (TPSA) is 64.5 Å². The molecule has 0 bridgehead atoms. The lowest BCUT2D eigenvalue weighted by molar-refractivity contribution is 1.07. The van der Waals surface area contributed by atoms with E-state index < -0.39 is 0 Å². The lowest BCUT2D eigenvalue weighted by Gasteiger charge is -2.11. The average Bonchev–Trinajstić information content (AvgIpc) is 3.19. The third kappa shape index (κ3) is 7.37. The molecule has 0 N–H and O–H groups in total. The highest BCUT2D eigenvalue weighted by molar-refractivity contribution is 5.77. The number of allylic oxidation sites excluding steroid dienone is 5. The molecule has 0 spiro atoms. The Morgan fingerprint density at radius 1 is 0.490 bits per heavy atom. The van der Waals surface area contributed by atoms with Gasteiger partial charge in [0.2, 0.25) is 0 Å². The molecule has 234 valence electrons. The molecular formula is C44H33N5. The largest absolute Gasteiger partial charge is 0.264 e. The number of aromatic nitrogens is 5. The van der Waals surface area contributed by atoms with Gasteiger partial charge in [-0.1, -0.05) is 122 Å². The maximum atomic E-state index is 5.04. The Balaban J connectivity index is 1.24. The fraction of sp³-hybridized carbons (Fsp3) is 0.0227. The summed E-state index contributed by atoms with van der Waals surface area (Å²) in [5.74, 6) is 1.85. The molecule has 0 aliphatic carbocycles. The van der Waals surface area contributed by atoms with Crippen molar-refractivity contribution in [1.82, 2.24) is 24.9 Å². The van der Waals surface area contributed by atoms with Gasteiger partial charge >= 0.3 is 0 Å². The van der Waals surface area contributed by atoms with Gasteiger partial charge in [0.15, 0.2) is 17.5 Å². The predicted octanol–water partition coefficient (Wildman–Crippen LogP) is 10.7. The van der Waals surface area contributed by atoms with Gasteiger partial charge in [-0.2, -0.15) is 0 Å².